The van der Waals surface area contributed by atoms with Crippen LogP contribution in [0.3, 0.4) is 0 Å². The zero-order chi connectivity index (χ0) is 15.4. The summed E-state index contributed by atoms with van der Waals surface area (Å²) in [5.74, 6) is 2.70. The summed E-state index contributed by atoms with van der Waals surface area (Å²) in [7, 11) is 0. The molecule has 1 aromatic carbocycles. The van der Waals surface area contributed by atoms with Crippen molar-refractivity contribution in [1.82, 2.24) is 4.98 Å². The molecule has 4 nitrogen and oxygen atoms in total. The lowest BCUT2D eigenvalue weighted by atomic mass is 10.1. The number of aryl methyl sites for hydroxylation is 1. The van der Waals surface area contributed by atoms with E-state index < -0.39 is 23.1 Å². The summed E-state index contributed by atoms with van der Waals surface area (Å²) in [4.78, 5) is 16.5. The highest BCUT2D eigenvalue weighted by atomic mass is 32.1. The lowest BCUT2D eigenvalue weighted by Crippen LogP contribution is -2.16. The molecule has 2 aromatic rings. The third-order valence-electron chi connectivity index (χ3n) is 2.55. The van der Waals surface area contributed by atoms with Crippen LogP contribution < -0.4 is 11.1 Å². The van der Waals surface area contributed by atoms with Crippen LogP contribution in [0.2, 0.25) is 0 Å². The fourth-order valence-corrected chi connectivity index (χ4v) is 2.24. The van der Waals surface area contributed by atoms with Gasteiger partial charge in [-0.05, 0) is 18.6 Å². The standard InChI is InChI=1S/C14H11F2N3OS/c1-8-4-5-10(15)11(12(8)16)13(20)19-14-18-7-9(21-14)3-2-6-17/h4-5,7H,6,17H2,1H3,(H,18,19,20). The molecular formula is C14H11F2N3OS. The molecule has 0 aliphatic heterocycles. The van der Waals surface area contributed by atoms with Crippen molar-refractivity contribution >= 4 is 22.4 Å². The number of hydrogen-bond acceptors (Lipinski definition) is 4. The molecule has 1 heterocycles. The van der Waals surface area contributed by atoms with E-state index in [1.165, 1.54) is 19.2 Å². The zero-order valence-electron chi connectivity index (χ0n) is 11.0. The number of anilines is 1. The molecule has 21 heavy (non-hydrogen) atoms. The average Bonchev–Trinajstić information content (AvgIpc) is 2.88. The van der Waals surface area contributed by atoms with Gasteiger partial charge in [0.2, 0.25) is 0 Å². The minimum atomic E-state index is -0.921. The number of halogens is 2. The van der Waals surface area contributed by atoms with Gasteiger partial charge < -0.3 is 5.73 Å². The van der Waals surface area contributed by atoms with Crippen molar-refractivity contribution in [1.29, 1.82) is 0 Å². The molecule has 0 spiro atoms. The first-order chi connectivity index (χ1) is 10.0. The fourth-order valence-electron chi connectivity index (χ4n) is 1.55. The molecule has 0 fully saturated rings. The number of amides is 1. The Bertz CT molecular complexity index is 746. The number of thiazole rings is 1. The van der Waals surface area contributed by atoms with Crippen molar-refractivity contribution in [3.05, 3.63) is 46.0 Å². The Balaban J connectivity index is 2.23. The van der Waals surface area contributed by atoms with E-state index in [9.17, 15) is 13.6 Å². The third-order valence-corrected chi connectivity index (χ3v) is 3.38. The molecule has 1 aromatic heterocycles. The van der Waals surface area contributed by atoms with Crippen molar-refractivity contribution in [2.45, 2.75) is 6.92 Å². The second-order valence-electron chi connectivity index (χ2n) is 4.04. The SMILES string of the molecule is Cc1ccc(F)c(C(=O)Nc2ncc(C#CCN)s2)c1F. The number of hydrogen-bond donors (Lipinski definition) is 2. The summed E-state index contributed by atoms with van der Waals surface area (Å²) < 4.78 is 27.4. The lowest BCUT2D eigenvalue weighted by molar-refractivity contribution is 0.101. The van der Waals surface area contributed by atoms with Crippen LogP contribution in [0.1, 0.15) is 20.8 Å². The third kappa shape index (κ3) is 3.42. The van der Waals surface area contributed by atoms with Gasteiger partial charge in [0.1, 0.15) is 17.2 Å². The molecule has 0 bridgehead atoms. The van der Waals surface area contributed by atoms with E-state index in [-0.39, 0.29) is 17.2 Å². The van der Waals surface area contributed by atoms with E-state index in [1.807, 2.05) is 0 Å². The van der Waals surface area contributed by atoms with E-state index in [4.69, 9.17) is 5.73 Å². The normalized spacial score (nSPS) is 9.90. The van der Waals surface area contributed by atoms with Gasteiger partial charge in [-0.1, -0.05) is 29.2 Å². The van der Waals surface area contributed by atoms with Crippen molar-refractivity contribution in [3.8, 4) is 11.8 Å². The number of nitrogens with zero attached hydrogens (tertiary/aromatic N) is 1. The van der Waals surface area contributed by atoms with Gasteiger partial charge in [0.15, 0.2) is 5.13 Å². The maximum absolute atomic E-state index is 13.8. The van der Waals surface area contributed by atoms with Gasteiger partial charge in [-0.25, -0.2) is 13.8 Å². The van der Waals surface area contributed by atoms with Crippen LogP contribution in [-0.4, -0.2) is 17.4 Å². The largest absolute Gasteiger partial charge is 0.320 e. The highest BCUT2D eigenvalue weighted by Crippen LogP contribution is 2.21. The van der Waals surface area contributed by atoms with Crippen LogP contribution in [0.4, 0.5) is 13.9 Å². The van der Waals surface area contributed by atoms with Gasteiger partial charge in [-0.3, -0.25) is 10.1 Å². The Labute approximate surface area is 124 Å². The first-order valence-corrected chi connectivity index (χ1v) is 6.75. The lowest BCUT2D eigenvalue weighted by Gasteiger charge is -2.06. The Morgan fingerprint density at radius 3 is 2.95 bits per heavy atom. The summed E-state index contributed by atoms with van der Waals surface area (Å²) in [5, 5.41) is 2.56. The molecule has 0 saturated carbocycles. The minimum absolute atomic E-state index is 0.190. The predicted octanol–water partition coefficient (Wildman–Crippen LogP) is 2.29. The second-order valence-corrected chi connectivity index (χ2v) is 5.07. The van der Waals surface area contributed by atoms with Crippen LogP contribution in [0.5, 0.6) is 0 Å². The van der Waals surface area contributed by atoms with Gasteiger partial charge in [0, 0.05) is 0 Å². The number of carbonyl (C=O) groups is 1. The van der Waals surface area contributed by atoms with Gasteiger partial charge in [-0.15, -0.1) is 0 Å². The molecule has 3 N–H and O–H groups in total. The molecule has 0 radical (unpaired) electrons. The second kappa shape index (κ2) is 6.43. The number of nitrogens with two attached hydrogens (primary N) is 1. The number of carbonyl (C=O) groups excluding carboxylic acids is 1. The summed E-state index contributed by atoms with van der Waals surface area (Å²) in [6, 6.07) is 2.32. The van der Waals surface area contributed by atoms with E-state index in [2.05, 4.69) is 22.1 Å². The number of rotatable bonds is 2. The van der Waals surface area contributed by atoms with Crippen molar-refractivity contribution in [2.75, 3.05) is 11.9 Å². The average molecular weight is 307 g/mol. The monoisotopic (exact) mass is 307 g/mol. The first-order valence-electron chi connectivity index (χ1n) is 5.93. The first kappa shape index (κ1) is 15.1. The smallest absolute Gasteiger partial charge is 0.263 e. The maximum Gasteiger partial charge on any atom is 0.263 e. The van der Waals surface area contributed by atoms with E-state index in [1.54, 1.807) is 0 Å². The molecule has 2 rings (SSSR count). The van der Waals surface area contributed by atoms with E-state index in [0.29, 0.717) is 4.88 Å². The summed E-state index contributed by atoms with van der Waals surface area (Å²) in [6.45, 7) is 1.66. The topological polar surface area (TPSA) is 68.0 Å². The molecule has 1 amide bonds. The predicted molar refractivity (Wildman–Crippen MR) is 77.1 cm³/mol. The molecule has 0 aliphatic rings. The Hall–Kier alpha value is -2.30. The Morgan fingerprint density at radius 2 is 2.24 bits per heavy atom. The van der Waals surface area contributed by atoms with Crippen LogP contribution in [0.15, 0.2) is 18.3 Å². The maximum atomic E-state index is 13.8. The Kier molecular flexibility index (Phi) is 4.62. The van der Waals surface area contributed by atoms with Gasteiger partial charge >= 0.3 is 0 Å². The fraction of sp³-hybridized carbons (Fsp3) is 0.143. The highest BCUT2D eigenvalue weighted by molar-refractivity contribution is 7.16. The molecule has 7 heteroatoms. The summed E-state index contributed by atoms with van der Waals surface area (Å²) in [6.07, 6.45) is 1.45. The van der Waals surface area contributed by atoms with E-state index >= 15 is 0 Å². The van der Waals surface area contributed by atoms with Crippen LogP contribution >= 0.6 is 11.3 Å². The molecule has 0 atom stereocenters. The van der Waals surface area contributed by atoms with E-state index in [0.717, 1.165) is 17.4 Å². The van der Waals surface area contributed by atoms with Gasteiger partial charge in [0.05, 0.1) is 17.6 Å². The van der Waals surface area contributed by atoms with Crippen LogP contribution in [0.25, 0.3) is 0 Å². The number of benzene rings is 1. The van der Waals surface area contributed by atoms with Crippen LogP contribution in [0, 0.1) is 30.4 Å². The molecule has 0 aliphatic carbocycles. The number of aromatic nitrogens is 1. The molecular weight excluding hydrogens is 296 g/mol. The van der Waals surface area contributed by atoms with Crippen molar-refractivity contribution in [3.63, 3.8) is 0 Å². The van der Waals surface area contributed by atoms with Gasteiger partial charge in [0.25, 0.3) is 5.91 Å². The number of nitrogens with one attached hydrogen (secondary N) is 1. The van der Waals surface area contributed by atoms with Crippen molar-refractivity contribution < 1.29 is 13.6 Å². The molecule has 0 saturated heterocycles. The quantitative estimate of drug-likeness (QED) is 0.837. The van der Waals surface area contributed by atoms with Crippen molar-refractivity contribution in [2.24, 2.45) is 5.73 Å². The van der Waals surface area contributed by atoms with Crippen LogP contribution in [-0.2, 0) is 0 Å². The molecule has 108 valence electrons. The zero-order valence-corrected chi connectivity index (χ0v) is 11.9. The molecule has 0 unspecified atom stereocenters. The summed E-state index contributed by atoms with van der Waals surface area (Å²) >= 11 is 1.09. The highest BCUT2D eigenvalue weighted by Gasteiger charge is 2.20. The summed E-state index contributed by atoms with van der Waals surface area (Å²) in [5.41, 5.74) is 4.81. The Morgan fingerprint density at radius 1 is 1.48 bits per heavy atom. The van der Waals surface area contributed by atoms with Gasteiger partial charge in [-0.2, -0.15) is 0 Å². The minimum Gasteiger partial charge on any atom is -0.320 e.